The zero-order chi connectivity index (χ0) is 13.7. The molecule has 1 rings (SSSR count). The molecule has 1 saturated heterocycles. The first-order chi connectivity index (χ1) is 8.45. The summed E-state index contributed by atoms with van der Waals surface area (Å²) < 4.78 is 0. The first-order valence-corrected chi connectivity index (χ1v) is 6.80. The zero-order valence-corrected chi connectivity index (χ0v) is 11.6. The maximum absolute atomic E-state index is 11.8. The maximum Gasteiger partial charge on any atom is 0.237 e. The summed E-state index contributed by atoms with van der Waals surface area (Å²) in [7, 11) is 0. The lowest BCUT2D eigenvalue weighted by Crippen LogP contribution is -2.50. The quantitative estimate of drug-likeness (QED) is 0.767. The Bertz CT molecular complexity index is 297. The number of hydrogen-bond acceptors (Lipinski definition) is 3. The Labute approximate surface area is 109 Å². The standard InChI is InChI=1S/C13H25N3O2/c1-4-11(14)12(17)15-10-5-7-16(8-6-10)13(18)9(2)3/h9-11H,4-8,14H2,1-3H3,(H,15,17)/t11-/m1/s1. The van der Waals surface area contributed by atoms with E-state index in [1.165, 1.54) is 0 Å². The molecule has 2 amide bonds. The Kier molecular flexibility index (Phi) is 5.59. The third-order valence-corrected chi connectivity index (χ3v) is 3.42. The van der Waals surface area contributed by atoms with E-state index in [0.717, 1.165) is 25.9 Å². The molecule has 0 saturated carbocycles. The third kappa shape index (κ3) is 3.98. The Balaban J connectivity index is 2.36. The van der Waals surface area contributed by atoms with Gasteiger partial charge >= 0.3 is 0 Å². The Morgan fingerprint density at radius 1 is 1.33 bits per heavy atom. The molecule has 0 bridgehead atoms. The second-order valence-corrected chi connectivity index (χ2v) is 5.28. The monoisotopic (exact) mass is 255 g/mol. The van der Waals surface area contributed by atoms with Gasteiger partial charge in [0.15, 0.2) is 0 Å². The lowest BCUT2D eigenvalue weighted by Gasteiger charge is -2.33. The summed E-state index contributed by atoms with van der Waals surface area (Å²) in [5.74, 6) is 0.167. The lowest BCUT2D eigenvalue weighted by molar-refractivity contribution is -0.135. The maximum atomic E-state index is 11.8. The van der Waals surface area contributed by atoms with E-state index in [1.807, 2.05) is 25.7 Å². The lowest BCUT2D eigenvalue weighted by atomic mass is 10.0. The average Bonchev–Trinajstić information content (AvgIpc) is 2.37. The van der Waals surface area contributed by atoms with Gasteiger partial charge in [-0.1, -0.05) is 20.8 Å². The van der Waals surface area contributed by atoms with E-state index in [1.54, 1.807) is 0 Å². The molecule has 0 radical (unpaired) electrons. The number of nitrogens with zero attached hydrogens (tertiary/aromatic N) is 1. The van der Waals surface area contributed by atoms with E-state index < -0.39 is 6.04 Å². The van der Waals surface area contributed by atoms with E-state index in [0.29, 0.717) is 6.42 Å². The normalized spacial score (nSPS) is 18.8. The molecule has 1 aliphatic rings. The highest BCUT2D eigenvalue weighted by Crippen LogP contribution is 2.13. The summed E-state index contributed by atoms with van der Waals surface area (Å²) >= 11 is 0. The molecule has 0 aromatic rings. The molecule has 0 spiro atoms. The summed E-state index contributed by atoms with van der Waals surface area (Å²) in [6, 6.07) is -0.258. The minimum atomic E-state index is -0.416. The summed E-state index contributed by atoms with van der Waals surface area (Å²) in [6.07, 6.45) is 2.29. The molecule has 18 heavy (non-hydrogen) atoms. The second kappa shape index (κ2) is 6.73. The van der Waals surface area contributed by atoms with Gasteiger partial charge in [-0.05, 0) is 19.3 Å². The van der Waals surface area contributed by atoms with Gasteiger partial charge in [-0.3, -0.25) is 9.59 Å². The molecular weight excluding hydrogens is 230 g/mol. The Morgan fingerprint density at radius 2 is 1.89 bits per heavy atom. The molecule has 0 aromatic heterocycles. The molecule has 5 heteroatoms. The number of piperidine rings is 1. The summed E-state index contributed by atoms with van der Waals surface area (Å²) in [6.45, 7) is 7.17. The highest BCUT2D eigenvalue weighted by Gasteiger charge is 2.25. The van der Waals surface area contributed by atoms with Gasteiger partial charge < -0.3 is 16.0 Å². The predicted molar refractivity (Wildman–Crippen MR) is 70.8 cm³/mol. The molecule has 1 fully saturated rings. The molecule has 1 heterocycles. The predicted octanol–water partition coefficient (Wildman–Crippen LogP) is 0.487. The van der Waals surface area contributed by atoms with Crippen molar-refractivity contribution in [1.82, 2.24) is 10.2 Å². The van der Waals surface area contributed by atoms with Crippen molar-refractivity contribution in [1.29, 1.82) is 0 Å². The van der Waals surface area contributed by atoms with E-state index in [-0.39, 0.29) is 23.8 Å². The Morgan fingerprint density at radius 3 is 2.33 bits per heavy atom. The van der Waals surface area contributed by atoms with E-state index >= 15 is 0 Å². The molecule has 1 aliphatic heterocycles. The number of nitrogens with two attached hydrogens (primary N) is 1. The molecule has 0 aliphatic carbocycles. The van der Waals surface area contributed by atoms with Crippen LogP contribution in [0.15, 0.2) is 0 Å². The summed E-state index contributed by atoms with van der Waals surface area (Å²) in [4.78, 5) is 25.3. The van der Waals surface area contributed by atoms with Crippen molar-refractivity contribution in [3.8, 4) is 0 Å². The highest BCUT2D eigenvalue weighted by atomic mass is 16.2. The van der Waals surface area contributed by atoms with Crippen LogP contribution >= 0.6 is 0 Å². The van der Waals surface area contributed by atoms with Crippen molar-refractivity contribution in [2.24, 2.45) is 11.7 Å². The van der Waals surface area contributed by atoms with Gasteiger partial charge in [0.2, 0.25) is 11.8 Å². The van der Waals surface area contributed by atoms with Gasteiger partial charge in [-0.2, -0.15) is 0 Å². The van der Waals surface area contributed by atoms with Crippen molar-refractivity contribution in [3.63, 3.8) is 0 Å². The van der Waals surface area contributed by atoms with Crippen LogP contribution < -0.4 is 11.1 Å². The summed E-state index contributed by atoms with van der Waals surface area (Å²) in [5, 5.41) is 2.96. The van der Waals surface area contributed by atoms with Crippen LogP contribution in [0.5, 0.6) is 0 Å². The highest BCUT2D eigenvalue weighted by molar-refractivity contribution is 5.81. The minimum Gasteiger partial charge on any atom is -0.352 e. The fourth-order valence-corrected chi connectivity index (χ4v) is 2.10. The van der Waals surface area contributed by atoms with Gasteiger partial charge in [0.05, 0.1) is 6.04 Å². The number of amides is 2. The third-order valence-electron chi connectivity index (χ3n) is 3.42. The second-order valence-electron chi connectivity index (χ2n) is 5.28. The minimum absolute atomic E-state index is 0.0460. The number of likely N-dealkylation sites (tertiary alicyclic amines) is 1. The van der Waals surface area contributed by atoms with Crippen LogP contribution in [-0.4, -0.2) is 41.9 Å². The van der Waals surface area contributed by atoms with Gasteiger partial charge in [-0.25, -0.2) is 0 Å². The van der Waals surface area contributed by atoms with Crippen LogP contribution in [0, 0.1) is 5.92 Å². The van der Waals surface area contributed by atoms with Gasteiger partial charge in [0.25, 0.3) is 0 Å². The largest absolute Gasteiger partial charge is 0.352 e. The van der Waals surface area contributed by atoms with Crippen molar-refractivity contribution >= 4 is 11.8 Å². The fourth-order valence-electron chi connectivity index (χ4n) is 2.10. The van der Waals surface area contributed by atoms with Gasteiger partial charge in [0.1, 0.15) is 0 Å². The molecule has 104 valence electrons. The first-order valence-electron chi connectivity index (χ1n) is 6.80. The number of carbonyl (C=O) groups excluding carboxylic acids is 2. The Hall–Kier alpha value is -1.10. The average molecular weight is 255 g/mol. The van der Waals surface area contributed by atoms with Crippen molar-refractivity contribution in [2.45, 2.75) is 52.1 Å². The molecule has 0 aromatic carbocycles. The number of nitrogens with one attached hydrogen (secondary N) is 1. The van der Waals surface area contributed by atoms with Crippen molar-refractivity contribution in [2.75, 3.05) is 13.1 Å². The SMILES string of the molecule is CC[C@@H](N)C(=O)NC1CCN(C(=O)C(C)C)CC1. The number of hydrogen-bond donors (Lipinski definition) is 2. The fraction of sp³-hybridized carbons (Fsp3) is 0.846. The van der Waals surface area contributed by atoms with E-state index in [4.69, 9.17) is 5.73 Å². The molecule has 0 unspecified atom stereocenters. The first kappa shape index (κ1) is 15.0. The van der Waals surface area contributed by atoms with Crippen LogP contribution in [0.3, 0.4) is 0 Å². The van der Waals surface area contributed by atoms with E-state index in [2.05, 4.69) is 5.32 Å². The summed E-state index contributed by atoms with van der Waals surface area (Å²) in [5.41, 5.74) is 5.67. The van der Waals surface area contributed by atoms with Gasteiger partial charge in [0, 0.05) is 25.0 Å². The smallest absolute Gasteiger partial charge is 0.237 e. The molecule has 1 atom stereocenters. The molecular formula is C13H25N3O2. The van der Waals surface area contributed by atoms with Crippen LogP contribution in [-0.2, 0) is 9.59 Å². The van der Waals surface area contributed by atoms with Crippen LogP contribution in [0.25, 0.3) is 0 Å². The molecule has 5 nitrogen and oxygen atoms in total. The van der Waals surface area contributed by atoms with E-state index in [9.17, 15) is 9.59 Å². The van der Waals surface area contributed by atoms with Crippen LogP contribution in [0.1, 0.15) is 40.0 Å². The van der Waals surface area contributed by atoms with Crippen molar-refractivity contribution in [3.05, 3.63) is 0 Å². The number of carbonyl (C=O) groups is 2. The molecule has 3 N–H and O–H groups in total. The number of rotatable bonds is 4. The van der Waals surface area contributed by atoms with Gasteiger partial charge in [-0.15, -0.1) is 0 Å². The van der Waals surface area contributed by atoms with Crippen molar-refractivity contribution < 1.29 is 9.59 Å². The zero-order valence-electron chi connectivity index (χ0n) is 11.6. The van der Waals surface area contributed by atoms with Crippen LogP contribution in [0.2, 0.25) is 0 Å². The van der Waals surface area contributed by atoms with Crippen LogP contribution in [0.4, 0.5) is 0 Å². The topological polar surface area (TPSA) is 75.4 Å².